The molecule has 0 aromatic heterocycles. The van der Waals surface area contributed by atoms with Gasteiger partial charge in [0, 0.05) is 32.8 Å². The Morgan fingerprint density at radius 1 is 1.29 bits per heavy atom. The first-order valence-corrected chi connectivity index (χ1v) is 8.78. The molecule has 0 radical (unpaired) electrons. The highest BCUT2D eigenvalue weighted by atomic mass is 16.5. The maximum Gasteiger partial charge on any atom is 0.191 e. The van der Waals surface area contributed by atoms with Crippen molar-refractivity contribution in [3.05, 3.63) is 0 Å². The summed E-state index contributed by atoms with van der Waals surface area (Å²) >= 11 is 0. The van der Waals surface area contributed by atoms with Gasteiger partial charge in [-0.05, 0) is 50.4 Å². The van der Waals surface area contributed by atoms with E-state index in [0.29, 0.717) is 5.41 Å². The van der Waals surface area contributed by atoms with Gasteiger partial charge in [-0.3, -0.25) is 4.99 Å². The Kier molecular flexibility index (Phi) is 6.34. The van der Waals surface area contributed by atoms with Crippen molar-refractivity contribution in [3.8, 4) is 0 Å². The smallest absolute Gasteiger partial charge is 0.191 e. The summed E-state index contributed by atoms with van der Waals surface area (Å²) in [6.07, 6.45) is 8.86. The number of guanidine groups is 1. The largest absolute Gasteiger partial charge is 0.382 e. The molecular formula is C17H33N3O. The van der Waals surface area contributed by atoms with Crippen molar-refractivity contribution >= 4 is 5.96 Å². The summed E-state index contributed by atoms with van der Waals surface area (Å²) < 4.78 is 5.57. The number of aliphatic imine (C=N–C) groups is 1. The molecule has 122 valence electrons. The molecule has 0 atom stereocenters. The summed E-state index contributed by atoms with van der Waals surface area (Å²) in [5, 5.41) is 0. The highest BCUT2D eigenvalue weighted by molar-refractivity contribution is 5.78. The second-order valence-electron chi connectivity index (χ2n) is 7.00. The molecule has 0 unspecified atom stereocenters. The molecule has 2 rings (SSSR count). The lowest BCUT2D eigenvalue weighted by Gasteiger charge is -2.32. The van der Waals surface area contributed by atoms with E-state index in [9.17, 15) is 0 Å². The van der Waals surface area contributed by atoms with Gasteiger partial charge in [0.05, 0.1) is 0 Å². The van der Waals surface area contributed by atoms with Crippen LogP contribution in [0.2, 0.25) is 0 Å². The molecule has 1 heterocycles. The highest BCUT2D eigenvalue weighted by Crippen LogP contribution is 2.41. The van der Waals surface area contributed by atoms with Gasteiger partial charge in [0.1, 0.15) is 0 Å². The number of rotatable bonds is 6. The molecule has 0 aromatic rings. The standard InChI is InChI=1S/C17H33N3O/c1-3-21-13-10-17(8-4-5-9-17)14-19-16(18)20-11-6-15(2)7-12-20/h15H,3-14H2,1-2H3,(H2,18,19). The first-order valence-electron chi connectivity index (χ1n) is 8.78. The van der Waals surface area contributed by atoms with E-state index in [2.05, 4.69) is 18.7 Å². The van der Waals surface area contributed by atoms with Gasteiger partial charge in [-0.2, -0.15) is 0 Å². The number of piperidine rings is 1. The molecule has 1 aliphatic carbocycles. The van der Waals surface area contributed by atoms with Crippen molar-refractivity contribution in [2.24, 2.45) is 22.1 Å². The molecule has 4 nitrogen and oxygen atoms in total. The predicted octanol–water partition coefficient (Wildman–Crippen LogP) is 3.02. The SMILES string of the molecule is CCOCCC1(CN=C(N)N2CCC(C)CC2)CCCC1. The van der Waals surface area contributed by atoms with Gasteiger partial charge in [-0.25, -0.2) is 0 Å². The molecule has 0 spiro atoms. The molecule has 2 fully saturated rings. The summed E-state index contributed by atoms with van der Waals surface area (Å²) in [4.78, 5) is 7.04. The number of nitrogens with two attached hydrogens (primary N) is 1. The van der Waals surface area contributed by atoms with Crippen molar-refractivity contribution in [1.29, 1.82) is 0 Å². The van der Waals surface area contributed by atoms with Gasteiger partial charge in [0.25, 0.3) is 0 Å². The Hall–Kier alpha value is -0.770. The fraction of sp³-hybridized carbons (Fsp3) is 0.941. The quantitative estimate of drug-likeness (QED) is 0.465. The minimum Gasteiger partial charge on any atom is -0.382 e. The fourth-order valence-corrected chi connectivity index (χ4v) is 3.63. The molecule has 0 aromatic carbocycles. The van der Waals surface area contributed by atoms with Crippen LogP contribution in [-0.2, 0) is 4.74 Å². The summed E-state index contributed by atoms with van der Waals surface area (Å²) in [7, 11) is 0. The van der Waals surface area contributed by atoms with Gasteiger partial charge >= 0.3 is 0 Å². The fourth-order valence-electron chi connectivity index (χ4n) is 3.63. The van der Waals surface area contributed by atoms with Gasteiger partial charge in [0.15, 0.2) is 5.96 Å². The van der Waals surface area contributed by atoms with Crippen molar-refractivity contribution < 1.29 is 4.74 Å². The average Bonchev–Trinajstić information content (AvgIpc) is 2.95. The van der Waals surface area contributed by atoms with Crippen molar-refractivity contribution in [3.63, 3.8) is 0 Å². The maximum absolute atomic E-state index is 6.23. The van der Waals surface area contributed by atoms with E-state index in [1.807, 2.05) is 0 Å². The second-order valence-corrected chi connectivity index (χ2v) is 7.00. The van der Waals surface area contributed by atoms with Crippen LogP contribution in [0.4, 0.5) is 0 Å². The Morgan fingerprint density at radius 2 is 1.95 bits per heavy atom. The van der Waals surface area contributed by atoms with Crippen molar-refractivity contribution in [1.82, 2.24) is 4.90 Å². The highest BCUT2D eigenvalue weighted by Gasteiger charge is 2.33. The molecular weight excluding hydrogens is 262 g/mol. The van der Waals surface area contributed by atoms with E-state index in [1.165, 1.54) is 38.5 Å². The Labute approximate surface area is 130 Å². The third-order valence-corrected chi connectivity index (χ3v) is 5.33. The third kappa shape index (κ3) is 4.87. The predicted molar refractivity (Wildman–Crippen MR) is 88.5 cm³/mol. The number of nitrogens with zero attached hydrogens (tertiary/aromatic N) is 2. The Balaban J connectivity index is 1.86. The molecule has 4 heteroatoms. The number of ether oxygens (including phenoxy) is 1. The topological polar surface area (TPSA) is 50.9 Å². The molecule has 2 aliphatic rings. The van der Waals surface area contributed by atoms with Crippen molar-refractivity contribution in [2.45, 2.75) is 58.8 Å². The minimum atomic E-state index is 0.350. The van der Waals surface area contributed by atoms with Crippen LogP contribution in [0.1, 0.15) is 58.8 Å². The lowest BCUT2D eigenvalue weighted by molar-refractivity contribution is 0.107. The normalized spacial score (nSPS) is 23.7. The van der Waals surface area contributed by atoms with Crippen LogP contribution in [-0.4, -0.2) is 43.7 Å². The molecule has 0 bridgehead atoms. The van der Waals surface area contributed by atoms with Gasteiger partial charge in [-0.15, -0.1) is 0 Å². The van der Waals surface area contributed by atoms with E-state index in [0.717, 1.165) is 51.1 Å². The zero-order chi connectivity index (χ0) is 15.1. The summed E-state index contributed by atoms with van der Waals surface area (Å²) in [5.41, 5.74) is 6.58. The van der Waals surface area contributed by atoms with Crippen molar-refractivity contribution in [2.75, 3.05) is 32.8 Å². The van der Waals surface area contributed by atoms with Crippen LogP contribution in [0.3, 0.4) is 0 Å². The van der Waals surface area contributed by atoms with E-state index < -0.39 is 0 Å². The minimum absolute atomic E-state index is 0.350. The van der Waals surface area contributed by atoms with Crippen LogP contribution in [0.5, 0.6) is 0 Å². The number of hydrogen-bond donors (Lipinski definition) is 1. The molecule has 2 N–H and O–H groups in total. The number of likely N-dealkylation sites (tertiary alicyclic amines) is 1. The summed E-state index contributed by atoms with van der Waals surface area (Å²) in [5.74, 6) is 1.60. The van der Waals surface area contributed by atoms with Crippen LogP contribution in [0, 0.1) is 11.3 Å². The zero-order valence-electron chi connectivity index (χ0n) is 13.9. The van der Waals surface area contributed by atoms with Crippen LogP contribution in [0.15, 0.2) is 4.99 Å². The molecule has 1 saturated heterocycles. The maximum atomic E-state index is 6.23. The lowest BCUT2D eigenvalue weighted by Crippen LogP contribution is -2.43. The van der Waals surface area contributed by atoms with Crippen LogP contribution >= 0.6 is 0 Å². The summed E-state index contributed by atoms with van der Waals surface area (Å²) in [6.45, 7) is 9.10. The van der Waals surface area contributed by atoms with Gasteiger partial charge < -0.3 is 15.4 Å². The summed E-state index contributed by atoms with van der Waals surface area (Å²) in [6, 6.07) is 0. The molecule has 21 heavy (non-hydrogen) atoms. The molecule has 1 saturated carbocycles. The van der Waals surface area contributed by atoms with E-state index in [-0.39, 0.29) is 0 Å². The third-order valence-electron chi connectivity index (χ3n) is 5.33. The first-order chi connectivity index (χ1) is 10.2. The van der Waals surface area contributed by atoms with E-state index in [1.54, 1.807) is 0 Å². The van der Waals surface area contributed by atoms with Gasteiger partial charge in [0.2, 0.25) is 0 Å². The zero-order valence-corrected chi connectivity index (χ0v) is 13.9. The Bertz CT molecular complexity index is 329. The van der Waals surface area contributed by atoms with Gasteiger partial charge in [-0.1, -0.05) is 19.8 Å². The molecule has 0 amide bonds. The number of hydrogen-bond acceptors (Lipinski definition) is 2. The second kappa shape index (κ2) is 8.02. The van der Waals surface area contributed by atoms with Crippen LogP contribution in [0.25, 0.3) is 0 Å². The monoisotopic (exact) mass is 295 g/mol. The first kappa shape index (κ1) is 16.6. The molecule has 1 aliphatic heterocycles. The lowest BCUT2D eigenvalue weighted by atomic mass is 9.83. The average molecular weight is 295 g/mol. The van der Waals surface area contributed by atoms with Crippen LogP contribution < -0.4 is 5.73 Å². The Morgan fingerprint density at radius 3 is 2.57 bits per heavy atom. The van der Waals surface area contributed by atoms with E-state index >= 15 is 0 Å². The van der Waals surface area contributed by atoms with E-state index in [4.69, 9.17) is 15.5 Å².